The lowest BCUT2D eigenvalue weighted by Gasteiger charge is -2.32. The molecule has 1 aromatic carbocycles. The van der Waals surface area contributed by atoms with Crippen molar-refractivity contribution in [2.75, 3.05) is 33.2 Å². The number of carboxylic acid groups (broad SMARTS) is 1. The fourth-order valence-electron chi connectivity index (χ4n) is 5.12. The quantitative estimate of drug-likeness (QED) is 0.635. The van der Waals surface area contributed by atoms with Gasteiger partial charge < -0.3 is 14.9 Å². The molecule has 0 saturated carbocycles. The molecule has 2 N–H and O–H groups in total. The SMILES string of the molecule is CN(CCCN1CCC(c2cccc3c2n(C)c(=O)n3C2CCC(=O)NC2=O)CC1)C(=O)O. The van der Waals surface area contributed by atoms with E-state index in [0.29, 0.717) is 18.9 Å². The number of fused-ring (bicyclic) bond motifs is 1. The van der Waals surface area contributed by atoms with Gasteiger partial charge in [0.25, 0.3) is 0 Å². The summed E-state index contributed by atoms with van der Waals surface area (Å²) in [4.78, 5) is 51.7. The van der Waals surface area contributed by atoms with Gasteiger partial charge in [0.1, 0.15) is 6.04 Å². The molecule has 0 radical (unpaired) electrons. The third kappa shape index (κ3) is 4.52. The van der Waals surface area contributed by atoms with Crippen molar-refractivity contribution in [1.82, 2.24) is 24.3 Å². The predicted molar refractivity (Wildman–Crippen MR) is 122 cm³/mol. The predicted octanol–water partition coefficient (Wildman–Crippen LogP) is 1.50. The van der Waals surface area contributed by atoms with Crippen molar-refractivity contribution in [3.63, 3.8) is 0 Å². The molecular weight excluding hydrogens is 426 g/mol. The van der Waals surface area contributed by atoms with Crippen molar-refractivity contribution < 1.29 is 19.5 Å². The third-order valence-electron chi connectivity index (χ3n) is 6.98. The molecule has 2 aliphatic rings. The Balaban J connectivity index is 1.51. The number of para-hydroxylation sites is 1. The number of aromatic nitrogens is 2. The molecule has 2 saturated heterocycles. The zero-order valence-corrected chi connectivity index (χ0v) is 19.1. The van der Waals surface area contributed by atoms with E-state index in [4.69, 9.17) is 5.11 Å². The molecule has 1 aromatic heterocycles. The summed E-state index contributed by atoms with van der Waals surface area (Å²) in [5, 5.41) is 11.3. The maximum absolute atomic E-state index is 13.1. The van der Waals surface area contributed by atoms with Crippen LogP contribution >= 0.6 is 0 Å². The number of piperidine rings is 2. The van der Waals surface area contributed by atoms with Gasteiger partial charge in [-0.15, -0.1) is 0 Å². The number of imide groups is 1. The van der Waals surface area contributed by atoms with E-state index in [1.165, 1.54) is 9.47 Å². The van der Waals surface area contributed by atoms with Gasteiger partial charge in [-0.3, -0.25) is 24.0 Å². The minimum Gasteiger partial charge on any atom is -0.465 e. The molecule has 2 aliphatic heterocycles. The zero-order chi connectivity index (χ0) is 23.7. The molecule has 1 unspecified atom stereocenters. The molecule has 0 bridgehead atoms. The summed E-state index contributed by atoms with van der Waals surface area (Å²) in [7, 11) is 3.32. The molecule has 2 fully saturated rings. The maximum Gasteiger partial charge on any atom is 0.407 e. The third-order valence-corrected chi connectivity index (χ3v) is 6.98. The molecule has 3 heterocycles. The number of amides is 3. The smallest absolute Gasteiger partial charge is 0.407 e. The van der Waals surface area contributed by atoms with Gasteiger partial charge in [-0.25, -0.2) is 9.59 Å². The Bertz CT molecular complexity index is 1130. The Hall–Kier alpha value is -3.14. The lowest BCUT2D eigenvalue weighted by molar-refractivity contribution is -0.135. The summed E-state index contributed by atoms with van der Waals surface area (Å²) in [6, 6.07) is 5.20. The molecule has 4 rings (SSSR count). The Morgan fingerprint density at radius 1 is 1.18 bits per heavy atom. The number of likely N-dealkylation sites (tertiary alicyclic amines) is 1. The second-order valence-corrected chi connectivity index (χ2v) is 9.07. The minimum absolute atomic E-state index is 0.222. The van der Waals surface area contributed by atoms with E-state index in [9.17, 15) is 19.2 Å². The van der Waals surface area contributed by atoms with Crippen LogP contribution in [0.4, 0.5) is 4.79 Å². The monoisotopic (exact) mass is 457 g/mol. The molecule has 0 spiro atoms. The molecule has 3 amide bonds. The summed E-state index contributed by atoms with van der Waals surface area (Å²) in [6.45, 7) is 3.21. The fourth-order valence-corrected chi connectivity index (χ4v) is 5.12. The van der Waals surface area contributed by atoms with Crippen LogP contribution < -0.4 is 11.0 Å². The van der Waals surface area contributed by atoms with Gasteiger partial charge >= 0.3 is 11.8 Å². The van der Waals surface area contributed by atoms with Crippen LogP contribution in [0.15, 0.2) is 23.0 Å². The molecular formula is C23H31N5O5. The van der Waals surface area contributed by atoms with Crippen LogP contribution in [0.3, 0.4) is 0 Å². The summed E-state index contributed by atoms with van der Waals surface area (Å²) in [5.41, 5.74) is 2.46. The van der Waals surface area contributed by atoms with E-state index in [1.807, 2.05) is 12.1 Å². The van der Waals surface area contributed by atoms with E-state index >= 15 is 0 Å². The molecule has 10 nitrogen and oxygen atoms in total. The maximum atomic E-state index is 13.1. The number of hydrogen-bond acceptors (Lipinski definition) is 5. The average molecular weight is 458 g/mol. The number of hydrogen-bond donors (Lipinski definition) is 2. The summed E-state index contributed by atoms with van der Waals surface area (Å²) >= 11 is 0. The molecule has 10 heteroatoms. The van der Waals surface area contributed by atoms with E-state index in [2.05, 4.69) is 16.3 Å². The second kappa shape index (κ2) is 9.38. The number of nitrogens with one attached hydrogen (secondary N) is 1. The van der Waals surface area contributed by atoms with Crippen LogP contribution in [0.1, 0.15) is 49.6 Å². The van der Waals surface area contributed by atoms with Gasteiger partial charge in [-0.1, -0.05) is 12.1 Å². The Morgan fingerprint density at radius 2 is 1.91 bits per heavy atom. The first kappa shape index (κ1) is 23.0. The van der Waals surface area contributed by atoms with Gasteiger partial charge in [0, 0.05) is 27.1 Å². The molecule has 0 aliphatic carbocycles. The van der Waals surface area contributed by atoms with Crippen LogP contribution in [0.2, 0.25) is 0 Å². The van der Waals surface area contributed by atoms with Crippen LogP contribution in [0.25, 0.3) is 11.0 Å². The minimum atomic E-state index is -0.906. The van der Waals surface area contributed by atoms with Crippen LogP contribution in [0, 0.1) is 0 Å². The largest absolute Gasteiger partial charge is 0.465 e. The van der Waals surface area contributed by atoms with E-state index in [-0.39, 0.29) is 18.0 Å². The van der Waals surface area contributed by atoms with E-state index in [1.54, 1.807) is 18.7 Å². The summed E-state index contributed by atoms with van der Waals surface area (Å²) < 4.78 is 3.16. The zero-order valence-electron chi connectivity index (χ0n) is 19.1. The van der Waals surface area contributed by atoms with Gasteiger partial charge in [0.2, 0.25) is 11.8 Å². The van der Waals surface area contributed by atoms with Crippen molar-refractivity contribution in [1.29, 1.82) is 0 Å². The van der Waals surface area contributed by atoms with Crippen molar-refractivity contribution >= 4 is 28.9 Å². The first-order chi connectivity index (χ1) is 15.8. The van der Waals surface area contributed by atoms with Crippen LogP contribution in [0.5, 0.6) is 0 Å². The van der Waals surface area contributed by atoms with Gasteiger partial charge in [0.05, 0.1) is 11.0 Å². The first-order valence-corrected chi connectivity index (χ1v) is 11.5. The Morgan fingerprint density at radius 3 is 2.58 bits per heavy atom. The standard InChI is InChI=1S/C23H31N5O5/c1-25(23(32)33)11-4-12-27-13-9-15(10-14-27)16-5-3-6-17-20(16)26(2)22(31)28(17)18-7-8-19(29)24-21(18)30/h3,5-6,15,18H,4,7-14H2,1-2H3,(H,32,33)(H,24,29,30). The topological polar surface area (TPSA) is 117 Å². The number of rotatable bonds is 6. The number of aryl methyl sites for hydroxylation is 1. The molecule has 33 heavy (non-hydrogen) atoms. The highest BCUT2D eigenvalue weighted by Crippen LogP contribution is 2.34. The Labute approximate surface area is 191 Å². The number of benzene rings is 1. The van der Waals surface area contributed by atoms with Gasteiger partial charge in [0.15, 0.2) is 0 Å². The molecule has 2 aromatic rings. The molecule has 178 valence electrons. The summed E-state index contributed by atoms with van der Waals surface area (Å²) in [6.07, 6.45) is 2.34. The number of carbonyl (C=O) groups excluding carboxylic acids is 2. The summed E-state index contributed by atoms with van der Waals surface area (Å²) in [5.74, 6) is -0.422. The highest BCUT2D eigenvalue weighted by Gasteiger charge is 2.32. The number of nitrogens with zero attached hydrogens (tertiary/aromatic N) is 4. The highest BCUT2D eigenvalue weighted by atomic mass is 16.4. The van der Waals surface area contributed by atoms with Gasteiger partial charge in [-0.2, -0.15) is 0 Å². The van der Waals surface area contributed by atoms with Gasteiger partial charge in [-0.05, 0) is 62.9 Å². The lowest BCUT2D eigenvalue weighted by atomic mass is 9.88. The first-order valence-electron chi connectivity index (χ1n) is 11.5. The normalized spacial score (nSPS) is 20.2. The molecule has 1 atom stereocenters. The van der Waals surface area contributed by atoms with E-state index < -0.39 is 18.0 Å². The number of carbonyl (C=O) groups is 3. The average Bonchev–Trinajstić information content (AvgIpc) is 3.04. The second-order valence-electron chi connectivity index (χ2n) is 9.07. The van der Waals surface area contributed by atoms with Crippen molar-refractivity contribution in [3.8, 4) is 0 Å². The van der Waals surface area contributed by atoms with Crippen molar-refractivity contribution in [2.24, 2.45) is 7.05 Å². The number of imidazole rings is 1. The lowest BCUT2D eigenvalue weighted by Crippen LogP contribution is -2.44. The highest BCUT2D eigenvalue weighted by molar-refractivity contribution is 6.00. The van der Waals surface area contributed by atoms with Crippen molar-refractivity contribution in [2.45, 2.75) is 44.1 Å². The fraction of sp³-hybridized carbons (Fsp3) is 0.565. The Kier molecular flexibility index (Phi) is 6.55. The van der Waals surface area contributed by atoms with Crippen LogP contribution in [-0.2, 0) is 16.6 Å². The van der Waals surface area contributed by atoms with E-state index in [0.717, 1.165) is 55.5 Å². The van der Waals surface area contributed by atoms with Crippen molar-refractivity contribution in [3.05, 3.63) is 34.2 Å². The van der Waals surface area contributed by atoms with Crippen LogP contribution in [-0.4, -0.2) is 75.2 Å².